The van der Waals surface area contributed by atoms with Crippen LogP contribution < -0.4 is 10.2 Å². The van der Waals surface area contributed by atoms with Gasteiger partial charge in [-0.1, -0.05) is 46.8 Å². The fourth-order valence-corrected chi connectivity index (χ4v) is 3.74. The Hall–Kier alpha value is -0.995. The SMILES string of the molecule is COc1ccc(C(C)(C)CC(C)(C)C)cc1B1OC(C)(C)C(C)(C)O1. The summed E-state index contributed by atoms with van der Waals surface area (Å²) in [5.41, 5.74) is 1.85. The summed E-state index contributed by atoms with van der Waals surface area (Å²) < 4.78 is 18.1. The minimum absolute atomic E-state index is 0.0584. The third kappa shape index (κ3) is 4.23. The Kier molecular flexibility index (Phi) is 5.13. The number of rotatable bonds is 4. The Morgan fingerprint density at radius 1 is 0.960 bits per heavy atom. The molecule has 1 aromatic rings. The van der Waals surface area contributed by atoms with Crippen LogP contribution in [0.4, 0.5) is 0 Å². The van der Waals surface area contributed by atoms with Crippen LogP contribution in [0.2, 0.25) is 0 Å². The second kappa shape index (κ2) is 6.31. The summed E-state index contributed by atoms with van der Waals surface area (Å²) in [4.78, 5) is 0. The summed E-state index contributed by atoms with van der Waals surface area (Å²) in [6.45, 7) is 19.8. The van der Waals surface area contributed by atoms with Gasteiger partial charge in [-0.15, -0.1) is 0 Å². The van der Waals surface area contributed by atoms with E-state index in [2.05, 4.69) is 74.4 Å². The monoisotopic (exact) mass is 346 g/mol. The van der Waals surface area contributed by atoms with Crippen LogP contribution in [0.3, 0.4) is 0 Å². The molecule has 3 nitrogen and oxygen atoms in total. The van der Waals surface area contributed by atoms with Gasteiger partial charge in [0.25, 0.3) is 0 Å². The molecule has 0 radical (unpaired) electrons. The van der Waals surface area contributed by atoms with Crippen LogP contribution in [-0.4, -0.2) is 25.4 Å². The molecule has 2 rings (SSSR count). The van der Waals surface area contributed by atoms with E-state index in [1.54, 1.807) is 7.11 Å². The van der Waals surface area contributed by atoms with E-state index in [-0.39, 0.29) is 22.0 Å². The fourth-order valence-electron chi connectivity index (χ4n) is 3.74. The average Bonchev–Trinajstić information content (AvgIpc) is 2.64. The number of hydrogen-bond acceptors (Lipinski definition) is 3. The van der Waals surface area contributed by atoms with Crippen molar-refractivity contribution in [3.05, 3.63) is 23.8 Å². The number of methoxy groups -OCH3 is 1. The average molecular weight is 346 g/mol. The van der Waals surface area contributed by atoms with Crippen molar-refractivity contribution < 1.29 is 14.0 Å². The molecular weight excluding hydrogens is 311 g/mol. The van der Waals surface area contributed by atoms with Crippen molar-refractivity contribution in [1.82, 2.24) is 0 Å². The molecular formula is C21H35BO3. The maximum absolute atomic E-state index is 6.26. The maximum atomic E-state index is 6.26. The van der Waals surface area contributed by atoms with Gasteiger partial charge in [-0.25, -0.2) is 0 Å². The van der Waals surface area contributed by atoms with E-state index < -0.39 is 7.12 Å². The molecule has 140 valence electrons. The van der Waals surface area contributed by atoms with Crippen LogP contribution in [0, 0.1) is 5.41 Å². The van der Waals surface area contributed by atoms with Crippen molar-refractivity contribution >= 4 is 12.6 Å². The molecule has 1 fully saturated rings. The predicted molar refractivity (Wildman–Crippen MR) is 106 cm³/mol. The van der Waals surface area contributed by atoms with Crippen LogP contribution in [-0.2, 0) is 14.7 Å². The normalized spacial score (nSPS) is 20.0. The number of hydrogen-bond donors (Lipinski definition) is 0. The molecule has 0 saturated carbocycles. The lowest BCUT2D eigenvalue weighted by Crippen LogP contribution is -2.41. The Morgan fingerprint density at radius 2 is 1.48 bits per heavy atom. The van der Waals surface area contributed by atoms with Crippen molar-refractivity contribution in [2.75, 3.05) is 7.11 Å². The van der Waals surface area contributed by atoms with Crippen LogP contribution >= 0.6 is 0 Å². The standard InChI is InChI=1S/C21H35BO3/c1-18(2,3)14-19(4,5)15-11-12-17(23-10)16(13-15)22-24-20(6,7)21(8,9)25-22/h11-13H,14H2,1-10H3. The van der Waals surface area contributed by atoms with Crippen molar-refractivity contribution in [3.63, 3.8) is 0 Å². The first-order chi connectivity index (χ1) is 11.2. The first-order valence-electron chi connectivity index (χ1n) is 9.23. The lowest BCUT2D eigenvalue weighted by molar-refractivity contribution is 0.00578. The van der Waals surface area contributed by atoms with Crippen LogP contribution in [0.5, 0.6) is 5.75 Å². The molecule has 0 aliphatic carbocycles. The van der Waals surface area contributed by atoms with Gasteiger partial charge in [0.05, 0.1) is 18.3 Å². The summed E-state index contributed by atoms with van der Waals surface area (Å²) in [6.07, 6.45) is 1.09. The lowest BCUT2D eigenvalue weighted by Gasteiger charge is -2.33. The van der Waals surface area contributed by atoms with Crippen molar-refractivity contribution in [1.29, 1.82) is 0 Å². The highest BCUT2D eigenvalue weighted by Gasteiger charge is 2.52. The van der Waals surface area contributed by atoms with Crippen molar-refractivity contribution in [2.24, 2.45) is 5.41 Å². The lowest BCUT2D eigenvalue weighted by atomic mass is 9.69. The van der Waals surface area contributed by atoms with Gasteiger partial charge >= 0.3 is 7.12 Å². The van der Waals surface area contributed by atoms with Gasteiger partial charge in [-0.05, 0) is 56.6 Å². The topological polar surface area (TPSA) is 27.7 Å². The quantitative estimate of drug-likeness (QED) is 0.739. The zero-order valence-corrected chi connectivity index (χ0v) is 17.7. The second-order valence-electron chi connectivity index (χ2n) is 10.2. The minimum atomic E-state index is -0.412. The molecule has 0 amide bonds. The third-order valence-electron chi connectivity index (χ3n) is 5.49. The van der Waals surface area contributed by atoms with Crippen LogP contribution in [0.1, 0.15) is 74.3 Å². The maximum Gasteiger partial charge on any atom is 0.498 e. The predicted octanol–water partition coefficient (Wildman–Crippen LogP) is 4.71. The van der Waals surface area contributed by atoms with Crippen LogP contribution in [0.25, 0.3) is 0 Å². The molecule has 0 bridgehead atoms. The summed E-state index contributed by atoms with van der Waals surface area (Å²) in [5, 5.41) is 0. The zero-order chi connectivity index (χ0) is 19.3. The highest BCUT2D eigenvalue weighted by Crippen LogP contribution is 2.39. The van der Waals surface area contributed by atoms with Gasteiger partial charge in [0.15, 0.2) is 0 Å². The molecule has 1 aromatic carbocycles. The summed E-state index contributed by atoms with van der Waals surface area (Å²) >= 11 is 0. The van der Waals surface area contributed by atoms with E-state index in [1.807, 2.05) is 6.07 Å². The Morgan fingerprint density at radius 3 is 1.92 bits per heavy atom. The second-order valence-corrected chi connectivity index (χ2v) is 10.2. The summed E-state index contributed by atoms with van der Waals surface area (Å²) in [7, 11) is 1.29. The van der Waals surface area contributed by atoms with E-state index >= 15 is 0 Å². The number of ether oxygens (including phenoxy) is 1. The Labute approximate surface area is 154 Å². The molecule has 0 N–H and O–H groups in total. The van der Waals surface area contributed by atoms with E-state index in [9.17, 15) is 0 Å². The number of benzene rings is 1. The first kappa shape index (κ1) is 20.3. The van der Waals surface area contributed by atoms with Gasteiger partial charge in [0.1, 0.15) is 5.75 Å². The van der Waals surface area contributed by atoms with E-state index in [4.69, 9.17) is 14.0 Å². The molecule has 4 heteroatoms. The first-order valence-corrected chi connectivity index (χ1v) is 9.23. The van der Waals surface area contributed by atoms with E-state index in [0.717, 1.165) is 17.6 Å². The molecule has 25 heavy (non-hydrogen) atoms. The fraction of sp³-hybridized carbons (Fsp3) is 0.714. The van der Waals surface area contributed by atoms with Gasteiger partial charge < -0.3 is 14.0 Å². The highest BCUT2D eigenvalue weighted by atomic mass is 16.7. The molecule has 0 aromatic heterocycles. The molecule has 1 heterocycles. The minimum Gasteiger partial charge on any atom is -0.497 e. The van der Waals surface area contributed by atoms with Crippen molar-refractivity contribution in [2.45, 2.75) is 85.4 Å². The van der Waals surface area contributed by atoms with Gasteiger partial charge in [-0.2, -0.15) is 0 Å². The van der Waals surface area contributed by atoms with Crippen molar-refractivity contribution in [3.8, 4) is 5.75 Å². The summed E-state index contributed by atoms with van der Waals surface area (Å²) in [5.74, 6) is 0.814. The molecule has 0 atom stereocenters. The molecule has 0 spiro atoms. The smallest absolute Gasteiger partial charge is 0.497 e. The molecule has 0 unspecified atom stereocenters. The van der Waals surface area contributed by atoms with E-state index in [0.29, 0.717) is 0 Å². The highest BCUT2D eigenvalue weighted by molar-refractivity contribution is 6.63. The van der Waals surface area contributed by atoms with Crippen LogP contribution in [0.15, 0.2) is 18.2 Å². The van der Waals surface area contributed by atoms with E-state index in [1.165, 1.54) is 5.56 Å². The Balaban J connectivity index is 2.42. The van der Waals surface area contributed by atoms with Gasteiger partial charge in [0.2, 0.25) is 0 Å². The van der Waals surface area contributed by atoms with Gasteiger partial charge in [0, 0.05) is 5.46 Å². The Bertz CT molecular complexity index is 611. The largest absolute Gasteiger partial charge is 0.498 e. The summed E-state index contributed by atoms with van der Waals surface area (Å²) in [6, 6.07) is 6.41. The molecule has 1 aliphatic heterocycles. The zero-order valence-electron chi connectivity index (χ0n) is 17.7. The third-order valence-corrected chi connectivity index (χ3v) is 5.49. The van der Waals surface area contributed by atoms with Gasteiger partial charge in [-0.3, -0.25) is 0 Å². The molecule has 1 aliphatic rings. The molecule has 1 saturated heterocycles.